The Bertz CT molecular complexity index is 841. The summed E-state index contributed by atoms with van der Waals surface area (Å²) in [7, 11) is 0. The zero-order chi connectivity index (χ0) is 20.6. The highest BCUT2D eigenvalue weighted by Crippen LogP contribution is 2.31. The molecule has 1 aromatic heterocycles. The molecule has 2 fully saturated rings. The summed E-state index contributed by atoms with van der Waals surface area (Å²) in [4.78, 5) is 7.03. The summed E-state index contributed by atoms with van der Waals surface area (Å²) in [6, 6.07) is 10.2. The number of rotatable bonds is 8. The van der Waals surface area contributed by atoms with E-state index in [0.717, 1.165) is 76.1 Å². The Morgan fingerprint density at radius 1 is 1.17 bits per heavy atom. The summed E-state index contributed by atoms with van der Waals surface area (Å²) in [5.41, 5.74) is 1.78. The Labute approximate surface area is 178 Å². The maximum atomic E-state index is 9.39. The van der Waals surface area contributed by atoms with Crippen molar-refractivity contribution in [3.05, 3.63) is 47.1 Å². The summed E-state index contributed by atoms with van der Waals surface area (Å²) in [6.45, 7) is 4.78. The van der Waals surface area contributed by atoms with Gasteiger partial charge in [-0.05, 0) is 49.8 Å². The van der Waals surface area contributed by atoms with Crippen molar-refractivity contribution >= 4 is 0 Å². The second-order valence-electron chi connectivity index (χ2n) is 8.18. The second-order valence-corrected chi connectivity index (χ2v) is 8.18. The van der Waals surface area contributed by atoms with Crippen LogP contribution >= 0.6 is 0 Å². The number of nitrogens with zero attached hydrogens (tertiary/aromatic N) is 4. The van der Waals surface area contributed by atoms with Crippen LogP contribution in [0.15, 0.2) is 28.8 Å². The minimum Gasteiger partial charge on any atom is -0.381 e. The van der Waals surface area contributed by atoms with Crippen LogP contribution in [-0.2, 0) is 22.4 Å². The van der Waals surface area contributed by atoms with Gasteiger partial charge in [0.15, 0.2) is 5.82 Å². The third-order valence-corrected chi connectivity index (χ3v) is 6.06. The molecular formula is C23H30N4O3. The molecule has 0 saturated carbocycles. The molecule has 2 aromatic rings. The van der Waals surface area contributed by atoms with Gasteiger partial charge in [-0.1, -0.05) is 29.8 Å². The lowest BCUT2D eigenvalue weighted by atomic mass is 10.00. The molecule has 0 amide bonds. The quantitative estimate of drug-likeness (QED) is 0.614. The first-order chi connectivity index (χ1) is 14.8. The molecule has 0 aliphatic carbocycles. The van der Waals surface area contributed by atoms with Crippen LogP contribution in [0.5, 0.6) is 0 Å². The standard InChI is InChI=1S/C23H30N4O3/c24-15-19-5-1-2-6-20(19)16-27-11-4-3-7-21(27)23-25-22(26-30-23)10-14-29-17-18-8-12-28-13-9-18/h1-2,5-6,18,21H,3-4,7-14,16-17H2. The molecule has 0 radical (unpaired) electrons. The number of benzene rings is 1. The number of aromatic nitrogens is 2. The van der Waals surface area contributed by atoms with E-state index in [1.54, 1.807) is 0 Å². The zero-order valence-corrected chi connectivity index (χ0v) is 17.5. The summed E-state index contributed by atoms with van der Waals surface area (Å²) in [5, 5.41) is 13.6. The normalized spacial score (nSPS) is 20.8. The van der Waals surface area contributed by atoms with Gasteiger partial charge in [0.1, 0.15) is 0 Å². The van der Waals surface area contributed by atoms with Crippen molar-refractivity contribution in [2.45, 2.75) is 51.1 Å². The molecule has 7 heteroatoms. The van der Waals surface area contributed by atoms with Crippen molar-refractivity contribution in [2.75, 3.05) is 33.0 Å². The van der Waals surface area contributed by atoms with Crippen molar-refractivity contribution in [2.24, 2.45) is 5.92 Å². The minimum absolute atomic E-state index is 0.106. The Kier molecular flexibility index (Phi) is 7.46. The first-order valence-corrected chi connectivity index (χ1v) is 11.0. The van der Waals surface area contributed by atoms with E-state index in [2.05, 4.69) is 21.1 Å². The van der Waals surface area contributed by atoms with Gasteiger partial charge in [-0.2, -0.15) is 10.2 Å². The van der Waals surface area contributed by atoms with Crippen molar-refractivity contribution < 1.29 is 14.0 Å². The molecule has 4 rings (SSSR count). The lowest BCUT2D eigenvalue weighted by Crippen LogP contribution is -2.33. The molecule has 2 aliphatic rings. The first-order valence-electron chi connectivity index (χ1n) is 11.0. The van der Waals surface area contributed by atoms with Gasteiger partial charge in [-0.15, -0.1) is 0 Å². The van der Waals surface area contributed by atoms with Crippen LogP contribution in [0, 0.1) is 17.2 Å². The Morgan fingerprint density at radius 2 is 2.03 bits per heavy atom. The second kappa shape index (κ2) is 10.7. The van der Waals surface area contributed by atoms with Gasteiger partial charge >= 0.3 is 0 Å². The Morgan fingerprint density at radius 3 is 2.90 bits per heavy atom. The number of likely N-dealkylation sites (tertiary alicyclic amines) is 1. The minimum atomic E-state index is 0.106. The number of nitriles is 1. The van der Waals surface area contributed by atoms with Gasteiger partial charge in [-0.3, -0.25) is 4.90 Å². The predicted octanol–water partition coefficient (Wildman–Crippen LogP) is 3.65. The summed E-state index contributed by atoms with van der Waals surface area (Å²) in [6.07, 6.45) is 6.12. The molecule has 160 valence electrons. The Hall–Kier alpha value is -2.27. The van der Waals surface area contributed by atoms with Gasteiger partial charge in [0, 0.05) is 32.8 Å². The molecule has 2 saturated heterocycles. The summed E-state index contributed by atoms with van der Waals surface area (Å²) < 4.78 is 16.9. The zero-order valence-electron chi connectivity index (χ0n) is 17.5. The fraction of sp³-hybridized carbons (Fsp3) is 0.609. The topological polar surface area (TPSA) is 84.4 Å². The maximum absolute atomic E-state index is 9.39. The van der Waals surface area contributed by atoms with Gasteiger partial charge in [-0.25, -0.2) is 0 Å². The highest BCUT2D eigenvalue weighted by Gasteiger charge is 2.29. The van der Waals surface area contributed by atoms with Crippen LogP contribution in [0.4, 0.5) is 0 Å². The number of hydrogen-bond acceptors (Lipinski definition) is 7. The van der Waals surface area contributed by atoms with E-state index < -0.39 is 0 Å². The van der Waals surface area contributed by atoms with Crippen LogP contribution in [0.2, 0.25) is 0 Å². The molecule has 1 atom stereocenters. The molecule has 30 heavy (non-hydrogen) atoms. The fourth-order valence-corrected chi connectivity index (χ4v) is 4.28. The van der Waals surface area contributed by atoms with Crippen LogP contribution in [0.25, 0.3) is 0 Å². The van der Waals surface area contributed by atoms with Crippen molar-refractivity contribution in [3.63, 3.8) is 0 Å². The van der Waals surface area contributed by atoms with Crippen molar-refractivity contribution in [1.82, 2.24) is 15.0 Å². The molecule has 1 aromatic carbocycles. The van der Waals surface area contributed by atoms with E-state index in [9.17, 15) is 5.26 Å². The van der Waals surface area contributed by atoms with Crippen molar-refractivity contribution in [3.8, 4) is 6.07 Å². The van der Waals surface area contributed by atoms with Crippen LogP contribution in [0.1, 0.15) is 61.0 Å². The first kappa shape index (κ1) is 21.0. The Balaban J connectivity index is 1.32. The fourth-order valence-electron chi connectivity index (χ4n) is 4.28. The molecule has 0 spiro atoms. The smallest absolute Gasteiger partial charge is 0.244 e. The SMILES string of the molecule is N#Cc1ccccc1CN1CCCCC1c1nc(CCOCC2CCOCC2)no1. The van der Waals surface area contributed by atoms with Crippen molar-refractivity contribution in [1.29, 1.82) is 5.26 Å². The number of hydrogen-bond donors (Lipinski definition) is 0. The van der Waals surface area contributed by atoms with E-state index in [0.29, 0.717) is 30.7 Å². The summed E-state index contributed by atoms with van der Waals surface area (Å²) in [5.74, 6) is 2.00. The van der Waals surface area contributed by atoms with E-state index in [-0.39, 0.29) is 6.04 Å². The average molecular weight is 411 g/mol. The van der Waals surface area contributed by atoms with Gasteiger partial charge < -0.3 is 14.0 Å². The average Bonchev–Trinajstić information content (AvgIpc) is 3.27. The highest BCUT2D eigenvalue weighted by atomic mass is 16.5. The lowest BCUT2D eigenvalue weighted by Gasteiger charge is -2.33. The molecule has 7 nitrogen and oxygen atoms in total. The monoisotopic (exact) mass is 410 g/mol. The molecule has 2 aliphatic heterocycles. The molecule has 0 N–H and O–H groups in total. The van der Waals surface area contributed by atoms with E-state index in [1.807, 2.05) is 24.3 Å². The highest BCUT2D eigenvalue weighted by molar-refractivity contribution is 5.37. The predicted molar refractivity (Wildman–Crippen MR) is 111 cm³/mol. The third kappa shape index (κ3) is 5.45. The lowest BCUT2D eigenvalue weighted by molar-refractivity contribution is 0.0211. The van der Waals surface area contributed by atoms with E-state index in [1.165, 1.54) is 0 Å². The molecular weight excluding hydrogens is 380 g/mol. The summed E-state index contributed by atoms with van der Waals surface area (Å²) >= 11 is 0. The molecule has 0 bridgehead atoms. The largest absolute Gasteiger partial charge is 0.381 e. The van der Waals surface area contributed by atoms with Gasteiger partial charge in [0.2, 0.25) is 5.89 Å². The van der Waals surface area contributed by atoms with Crippen LogP contribution in [0.3, 0.4) is 0 Å². The molecule has 1 unspecified atom stereocenters. The third-order valence-electron chi connectivity index (χ3n) is 6.06. The number of ether oxygens (including phenoxy) is 2. The maximum Gasteiger partial charge on any atom is 0.244 e. The van der Waals surface area contributed by atoms with E-state index in [4.69, 9.17) is 14.0 Å². The van der Waals surface area contributed by atoms with E-state index >= 15 is 0 Å². The number of piperidine rings is 1. The van der Waals surface area contributed by atoms with Crippen LogP contribution in [-0.4, -0.2) is 48.0 Å². The molecule has 3 heterocycles. The van der Waals surface area contributed by atoms with Gasteiger partial charge in [0.05, 0.1) is 24.3 Å². The van der Waals surface area contributed by atoms with Gasteiger partial charge in [0.25, 0.3) is 0 Å². The van der Waals surface area contributed by atoms with Crippen LogP contribution < -0.4 is 0 Å².